The van der Waals surface area contributed by atoms with E-state index in [-0.39, 0.29) is 37.3 Å². The molecule has 28 heavy (non-hydrogen) atoms. The van der Waals surface area contributed by atoms with E-state index in [0.29, 0.717) is 6.07 Å². The van der Waals surface area contributed by atoms with Crippen LogP contribution in [0.3, 0.4) is 0 Å². The molecule has 0 unspecified atom stereocenters. The smallest absolute Gasteiger partial charge is 0.433 e. The molecule has 7 nitrogen and oxygen atoms in total. The van der Waals surface area contributed by atoms with E-state index in [1.54, 1.807) is 13.8 Å². The minimum Gasteiger partial charge on any atom is -0.464 e. The average Bonchev–Trinajstić information content (AvgIpc) is 3.06. The largest absolute Gasteiger partial charge is 0.464 e. The molecule has 0 bridgehead atoms. The van der Waals surface area contributed by atoms with Gasteiger partial charge in [0.1, 0.15) is 17.8 Å². The van der Waals surface area contributed by atoms with Crippen molar-refractivity contribution in [3.63, 3.8) is 0 Å². The number of rotatable bonds is 5. The third-order valence-electron chi connectivity index (χ3n) is 4.34. The molecule has 1 saturated heterocycles. The number of esters is 2. The van der Waals surface area contributed by atoms with E-state index in [1.807, 2.05) is 0 Å². The first kappa shape index (κ1) is 21.6. The van der Waals surface area contributed by atoms with Crippen molar-refractivity contribution in [3.05, 3.63) is 29.1 Å². The van der Waals surface area contributed by atoms with Crippen LogP contribution in [0.5, 0.6) is 0 Å². The van der Waals surface area contributed by atoms with Crippen molar-refractivity contribution in [1.29, 1.82) is 0 Å². The lowest BCUT2D eigenvalue weighted by Crippen LogP contribution is -2.49. The lowest BCUT2D eigenvalue weighted by Gasteiger charge is -2.28. The van der Waals surface area contributed by atoms with Crippen molar-refractivity contribution < 1.29 is 37.0 Å². The van der Waals surface area contributed by atoms with Gasteiger partial charge in [-0.25, -0.2) is 14.6 Å². The molecule has 0 aromatic carbocycles. The zero-order chi connectivity index (χ0) is 21.1. The van der Waals surface area contributed by atoms with Gasteiger partial charge in [-0.1, -0.05) is 0 Å². The van der Waals surface area contributed by atoms with Gasteiger partial charge >= 0.3 is 18.1 Å². The second kappa shape index (κ2) is 8.57. The van der Waals surface area contributed by atoms with Crippen LogP contribution in [0.4, 0.5) is 13.2 Å². The number of amides is 1. The number of halogens is 3. The Morgan fingerprint density at radius 1 is 1.07 bits per heavy atom. The number of alkyl halides is 3. The van der Waals surface area contributed by atoms with Gasteiger partial charge in [-0.3, -0.25) is 4.79 Å². The molecule has 1 aromatic rings. The van der Waals surface area contributed by atoms with Gasteiger partial charge in [0.2, 0.25) is 0 Å². The van der Waals surface area contributed by atoms with Gasteiger partial charge in [0.25, 0.3) is 5.91 Å². The number of hydrogen-bond acceptors (Lipinski definition) is 6. The third-order valence-corrected chi connectivity index (χ3v) is 4.34. The van der Waals surface area contributed by atoms with Crippen LogP contribution in [0.25, 0.3) is 0 Å². The zero-order valence-corrected chi connectivity index (χ0v) is 15.7. The number of pyridine rings is 1. The molecule has 2 heterocycles. The zero-order valence-electron chi connectivity index (χ0n) is 15.7. The Morgan fingerprint density at radius 2 is 1.57 bits per heavy atom. The second-order valence-corrected chi connectivity index (χ2v) is 6.15. The topological polar surface area (TPSA) is 85.8 Å². The summed E-state index contributed by atoms with van der Waals surface area (Å²) < 4.78 is 48.4. The van der Waals surface area contributed by atoms with E-state index >= 15 is 0 Å². The number of aromatic nitrogens is 1. The summed E-state index contributed by atoms with van der Waals surface area (Å²) in [5.41, 5.74) is -1.41. The van der Waals surface area contributed by atoms with Gasteiger partial charge in [0.05, 0.1) is 24.5 Å². The fourth-order valence-electron chi connectivity index (χ4n) is 3.12. The highest BCUT2D eigenvalue weighted by molar-refractivity contribution is 6.00. The van der Waals surface area contributed by atoms with Crippen LogP contribution in [0.1, 0.15) is 48.4 Å². The molecule has 0 spiro atoms. The molecule has 1 aliphatic heterocycles. The van der Waals surface area contributed by atoms with Crippen molar-refractivity contribution in [2.75, 3.05) is 13.2 Å². The maximum absolute atomic E-state index is 13.1. The SMILES string of the molecule is CCOC(=O)[C@H]1CC[C@H](C(=O)OCC)N1C(=O)c1ccc(C(F)(F)F)nc1C. The second-order valence-electron chi connectivity index (χ2n) is 6.15. The molecular formula is C18H21F3N2O5. The highest BCUT2D eigenvalue weighted by atomic mass is 19.4. The standard InChI is InChI=1S/C18H21F3N2O5/c1-4-27-16(25)12-7-8-13(17(26)28-5-2)23(12)15(24)11-6-9-14(18(19,20)21)22-10(11)3/h6,9,12-13H,4-5,7-8H2,1-3H3/t12-,13-/m1/s1. The van der Waals surface area contributed by atoms with Gasteiger partial charge in [-0.15, -0.1) is 0 Å². The molecule has 0 radical (unpaired) electrons. The Hall–Kier alpha value is -2.65. The number of ether oxygens (including phenoxy) is 2. The van der Waals surface area contributed by atoms with Crippen molar-refractivity contribution in [2.24, 2.45) is 0 Å². The number of aryl methyl sites for hydroxylation is 1. The number of likely N-dealkylation sites (tertiary alicyclic amines) is 1. The fourth-order valence-corrected chi connectivity index (χ4v) is 3.12. The molecular weight excluding hydrogens is 381 g/mol. The summed E-state index contributed by atoms with van der Waals surface area (Å²) >= 11 is 0. The molecule has 2 rings (SSSR count). The number of hydrogen-bond donors (Lipinski definition) is 0. The van der Waals surface area contributed by atoms with Crippen molar-refractivity contribution in [3.8, 4) is 0 Å². The first-order valence-corrected chi connectivity index (χ1v) is 8.82. The van der Waals surface area contributed by atoms with Crippen LogP contribution >= 0.6 is 0 Å². The van der Waals surface area contributed by atoms with Crippen LogP contribution in [-0.2, 0) is 25.2 Å². The molecule has 0 saturated carbocycles. The third kappa shape index (κ3) is 4.42. The van der Waals surface area contributed by atoms with Crippen LogP contribution < -0.4 is 0 Å². The Kier molecular flexibility index (Phi) is 6.63. The number of nitrogens with zero attached hydrogens (tertiary/aromatic N) is 2. The molecule has 0 aliphatic carbocycles. The van der Waals surface area contributed by atoms with E-state index in [4.69, 9.17) is 9.47 Å². The minimum absolute atomic E-state index is 0.0856. The number of carbonyl (C=O) groups excluding carboxylic acids is 3. The summed E-state index contributed by atoms with van der Waals surface area (Å²) in [6.45, 7) is 4.64. The Balaban J connectivity index is 2.41. The summed E-state index contributed by atoms with van der Waals surface area (Å²) in [7, 11) is 0. The van der Waals surface area contributed by atoms with Crippen LogP contribution in [0, 0.1) is 6.92 Å². The van der Waals surface area contributed by atoms with E-state index in [2.05, 4.69) is 4.98 Å². The maximum Gasteiger partial charge on any atom is 0.433 e. The van der Waals surface area contributed by atoms with Crippen LogP contribution in [0.2, 0.25) is 0 Å². The van der Waals surface area contributed by atoms with Crippen LogP contribution in [-0.4, -0.2) is 53.0 Å². The van der Waals surface area contributed by atoms with E-state index in [1.165, 1.54) is 6.92 Å². The Bertz CT molecular complexity index is 740. The first-order valence-electron chi connectivity index (χ1n) is 8.82. The lowest BCUT2D eigenvalue weighted by molar-refractivity contribution is -0.151. The fraction of sp³-hybridized carbons (Fsp3) is 0.556. The highest BCUT2D eigenvalue weighted by Gasteiger charge is 2.46. The Labute approximate surface area is 159 Å². The summed E-state index contributed by atoms with van der Waals surface area (Å²) in [5, 5.41) is 0. The van der Waals surface area contributed by atoms with Crippen molar-refractivity contribution in [2.45, 2.75) is 51.9 Å². The minimum atomic E-state index is -4.65. The molecule has 1 aliphatic rings. The molecule has 10 heteroatoms. The lowest BCUT2D eigenvalue weighted by atomic mass is 10.1. The monoisotopic (exact) mass is 402 g/mol. The van der Waals surface area contributed by atoms with Crippen molar-refractivity contribution in [1.82, 2.24) is 9.88 Å². The van der Waals surface area contributed by atoms with E-state index in [9.17, 15) is 27.6 Å². The predicted octanol–water partition coefficient (Wildman–Crippen LogP) is 2.51. The quantitative estimate of drug-likeness (QED) is 0.704. The molecule has 0 N–H and O–H groups in total. The summed E-state index contributed by atoms with van der Waals surface area (Å²) in [4.78, 5) is 42.0. The van der Waals surface area contributed by atoms with Crippen molar-refractivity contribution >= 4 is 17.8 Å². The molecule has 1 amide bonds. The molecule has 154 valence electrons. The normalized spacial score (nSPS) is 19.4. The number of carbonyl (C=O) groups is 3. The van der Waals surface area contributed by atoms with E-state index in [0.717, 1.165) is 11.0 Å². The van der Waals surface area contributed by atoms with Gasteiger partial charge in [0, 0.05) is 0 Å². The molecule has 2 atom stereocenters. The summed E-state index contributed by atoms with van der Waals surface area (Å²) in [6.07, 6.45) is -4.29. The Morgan fingerprint density at radius 3 is 1.96 bits per heavy atom. The maximum atomic E-state index is 13.1. The summed E-state index contributed by atoms with van der Waals surface area (Å²) in [5.74, 6) is -2.13. The van der Waals surface area contributed by atoms with Gasteiger partial charge in [0.15, 0.2) is 0 Å². The van der Waals surface area contributed by atoms with Gasteiger partial charge < -0.3 is 14.4 Å². The van der Waals surface area contributed by atoms with Gasteiger partial charge in [-0.2, -0.15) is 13.2 Å². The van der Waals surface area contributed by atoms with E-state index < -0.39 is 41.8 Å². The molecule has 1 aromatic heterocycles. The van der Waals surface area contributed by atoms with Crippen LogP contribution in [0.15, 0.2) is 12.1 Å². The predicted molar refractivity (Wildman–Crippen MR) is 90.2 cm³/mol. The average molecular weight is 402 g/mol. The van der Waals surface area contributed by atoms with Gasteiger partial charge in [-0.05, 0) is 45.7 Å². The molecule has 1 fully saturated rings. The first-order chi connectivity index (χ1) is 13.1. The summed E-state index contributed by atoms with van der Waals surface area (Å²) in [6, 6.07) is -0.363. The highest BCUT2D eigenvalue weighted by Crippen LogP contribution is 2.31.